The van der Waals surface area contributed by atoms with Crippen molar-refractivity contribution < 1.29 is 14.0 Å². The zero-order chi connectivity index (χ0) is 14.4. The van der Waals surface area contributed by atoms with Crippen LogP contribution in [-0.4, -0.2) is 23.2 Å². The molecular weight excluding hydrogens is 274 g/mol. The van der Waals surface area contributed by atoms with Crippen LogP contribution in [0.4, 0.5) is 5.69 Å². The lowest BCUT2D eigenvalue weighted by Gasteiger charge is -2.04. The lowest BCUT2D eigenvalue weighted by atomic mass is 10.3. The summed E-state index contributed by atoms with van der Waals surface area (Å²) in [7, 11) is 0. The number of nitrogens with one attached hydrogen (secondary N) is 1. The van der Waals surface area contributed by atoms with E-state index in [1.807, 2.05) is 30.3 Å². The summed E-state index contributed by atoms with van der Waals surface area (Å²) in [5.41, 5.74) is 0.756. The second-order valence-corrected chi connectivity index (χ2v) is 5.23. The summed E-state index contributed by atoms with van der Waals surface area (Å²) in [5, 5.41) is 2.77. The van der Waals surface area contributed by atoms with Gasteiger partial charge in [-0.05, 0) is 31.2 Å². The Bertz CT molecular complexity index is 592. The third-order valence-electron chi connectivity index (χ3n) is 2.54. The van der Waals surface area contributed by atoms with Gasteiger partial charge in [-0.1, -0.05) is 18.2 Å². The maximum absolute atomic E-state index is 11.8. The van der Waals surface area contributed by atoms with Crippen LogP contribution in [0.25, 0.3) is 0 Å². The summed E-state index contributed by atoms with van der Waals surface area (Å²) in [4.78, 5) is 23.4. The fraction of sp³-hybridized carbons (Fsp3) is 0.200. The molecule has 1 amide bonds. The van der Waals surface area contributed by atoms with Gasteiger partial charge in [0.05, 0.1) is 11.5 Å². The van der Waals surface area contributed by atoms with Crippen molar-refractivity contribution in [2.75, 3.05) is 16.8 Å². The minimum Gasteiger partial charge on any atom is -0.458 e. The van der Waals surface area contributed by atoms with E-state index in [4.69, 9.17) is 4.42 Å². The molecule has 0 spiro atoms. The molecule has 2 rings (SSSR count). The van der Waals surface area contributed by atoms with Crippen LogP contribution in [0.1, 0.15) is 16.3 Å². The Hall–Kier alpha value is -2.01. The average Bonchev–Trinajstić information content (AvgIpc) is 2.86. The van der Waals surface area contributed by atoms with Crippen molar-refractivity contribution in [1.82, 2.24) is 0 Å². The number of furan rings is 1. The number of benzene rings is 1. The summed E-state index contributed by atoms with van der Waals surface area (Å²) in [6.45, 7) is 1.79. The van der Waals surface area contributed by atoms with Crippen molar-refractivity contribution in [2.24, 2.45) is 0 Å². The molecule has 2 aromatic rings. The molecule has 0 atom stereocenters. The monoisotopic (exact) mass is 289 g/mol. The van der Waals surface area contributed by atoms with Crippen LogP contribution in [0, 0.1) is 6.92 Å². The molecule has 20 heavy (non-hydrogen) atoms. The lowest BCUT2D eigenvalue weighted by molar-refractivity contribution is -0.113. The standard InChI is InChI=1S/C15H15NO3S/c1-11-7-8-14(19-11)13(17)9-20-10-15(18)16-12-5-3-2-4-6-12/h2-8H,9-10H2,1H3,(H,16,18). The molecule has 1 N–H and O–H groups in total. The third kappa shape index (κ3) is 4.28. The van der Waals surface area contributed by atoms with Crippen molar-refractivity contribution in [3.63, 3.8) is 0 Å². The second-order valence-electron chi connectivity index (χ2n) is 4.24. The van der Waals surface area contributed by atoms with Gasteiger partial charge in [-0.15, -0.1) is 11.8 Å². The number of ketones is 1. The molecule has 0 aliphatic rings. The number of Topliss-reactive ketones (excluding diaryl/α,β-unsaturated/α-hetero) is 1. The Morgan fingerprint density at radius 3 is 2.50 bits per heavy atom. The van der Waals surface area contributed by atoms with Gasteiger partial charge in [-0.2, -0.15) is 0 Å². The predicted molar refractivity (Wildman–Crippen MR) is 80.2 cm³/mol. The molecule has 0 radical (unpaired) electrons. The first-order chi connectivity index (χ1) is 9.65. The molecule has 0 aliphatic heterocycles. The number of aryl methyl sites for hydroxylation is 1. The Kier molecular flexibility index (Phi) is 5.01. The molecule has 0 unspecified atom stereocenters. The number of carbonyl (C=O) groups is 2. The van der Waals surface area contributed by atoms with Crippen molar-refractivity contribution in [3.05, 3.63) is 54.0 Å². The minimum absolute atomic E-state index is 0.101. The van der Waals surface area contributed by atoms with E-state index in [0.29, 0.717) is 11.5 Å². The Morgan fingerprint density at radius 1 is 1.10 bits per heavy atom. The fourth-order valence-electron chi connectivity index (χ4n) is 1.61. The van der Waals surface area contributed by atoms with E-state index in [9.17, 15) is 9.59 Å². The number of para-hydroxylation sites is 1. The van der Waals surface area contributed by atoms with Crippen LogP contribution >= 0.6 is 11.8 Å². The molecule has 5 heteroatoms. The van der Waals surface area contributed by atoms with Gasteiger partial charge < -0.3 is 9.73 Å². The van der Waals surface area contributed by atoms with E-state index in [-0.39, 0.29) is 23.2 Å². The predicted octanol–water partition coefficient (Wildman–Crippen LogP) is 3.14. The second kappa shape index (κ2) is 6.96. The number of hydrogen-bond acceptors (Lipinski definition) is 4. The van der Waals surface area contributed by atoms with E-state index in [1.54, 1.807) is 19.1 Å². The van der Waals surface area contributed by atoms with Crippen LogP contribution in [0.5, 0.6) is 0 Å². The van der Waals surface area contributed by atoms with Gasteiger partial charge in [0.1, 0.15) is 5.76 Å². The molecule has 0 saturated carbocycles. The average molecular weight is 289 g/mol. The first-order valence-corrected chi connectivity index (χ1v) is 7.33. The molecule has 1 aromatic heterocycles. The quantitative estimate of drug-likeness (QED) is 0.830. The highest BCUT2D eigenvalue weighted by molar-refractivity contribution is 8.00. The van der Waals surface area contributed by atoms with E-state index in [0.717, 1.165) is 5.69 Å². The molecule has 1 aromatic carbocycles. The van der Waals surface area contributed by atoms with Crippen LogP contribution in [-0.2, 0) is 4.79 Å². The smallest absolute Gasteiger partial charge is 0.234 e. The van der Waals surface area contributed by atoms with Crippen LogP contribution in [0.15, 0.2) is 46.9 Å². The fourth-order valence-corrected chi connectivity index (χ4v) is 2.30. The number of thioether (sulfide) groups is 1. The van der Waals surface area contributed by atoms with Crippen LogP contribution in [0.3, 0.4) is 0 Å². The number of carbonyl (C=O) groups excluding carboxylic acids is 2. The normalized spacial score (nSPS) is 10.2. The van der Waals surface area contributed by atoms with Gasteiger partial charge in [-0.25, -0.2) is 0 Å². The summed E-state index contributed by atoms with van der Waals surface area (Å²) in [6, 6.07) is 12.6. The molecule has 4 nitrogen and oxygen atoms in total. The van der Waals surface area contributed by atoms with Crippen molar-refractivity contribution in [2.45, 2.75) is 6.92 Å². The molecule has 0 aliphatic carbocycles. The molecule has 1 heterocycles. The van der Waals surface area contributed by atoms with Gasteiger partial charge in [0.2, 0.25) is 11.7 Å². The zero-order valence-electron chi connectivity index (χ0n) is 11.1. The van der Waals surface area contributed by atoms with Gasteiger partial charge in [0, 0.05) is 5.69 Å². The minimum atomic E-state index is -0.121. The van der Waals surface area contributed by atoms with Gasteiger partial charge in [0.25, 0.3) is 0 Å². The highest BCUT2D eigenvalue weighted by Gasteiger charge is 2.11. The molecular formula is C15H15NO3S. The summed E-state index contributed by atoms with van der Waals surface area (Å²) in [5.74, 6) is 1.30. The Labute approximate surface area is 121 Å². The van der Waals surface area contributed by atoms with Gasteiger partial charge in [0.15, 0.2) is 5.76 Å². The number of hydrogen-bond donors (Lipinski definition) is 1. The first-order valence-electron chi connectivity index (χ1n) is 6.17. The largest absolute Gasteiger partial charge is 0.458 e. The Balaban J connectivity index is 1.73. The van der Waals surface area contributed by atoms with Crippen LogP contribution < -0.4 is 5.32 Å². The maximum Gasteiger partial charge on any atom is 0.234 e. The molecule has 0 fully saturated rings. The van der Waals surface area contributed by atoms with Crippen LogP contribution in [0.2, 0.25) is 0 Å². The molecule has 104 valence electrons. The van der Waals surface area contributed by atoms with Crippen molar-refractivity contribution in [3.8, 4) is 0 Å². The highest BCUT2D eigenvalue weighted by atomic mass is 32.2. The van der Waals surface area contributed by atoms with E-state index < -0.39 is 0 Å². The van der Waals surface area contributed by atoms with Crippen molar-refractivity contribution >= 4 is 29.1 Å². The summed E-state index contributed by atoms with van der Waals surface area (Å²) in [6.07, 6.45) is 0. The zero-order valence-corrected chi connectivity index (χ0v) is 11.9. The van der Waals surface area contributed by atoms with E-state index >= 15 is 0 Å². The first kappa shape index (κ1) is 14.4. The van der Waals surface area contributed by atoms with Gasteiger partial charge >= 0.3 is 0 Å². The number of rotatable bonds is 6. The number of amides is 1. The highest BCUT2D eigenvalue weighted by Crippen LogP contribution is 2.12. The number of anilines is 1. The molecule has 0 bridgehead atoms. The van der Waals surface area contributed by atoms with Gasteiger partial charge in [-0.3, -0.25) is 9.59 Å². The SMILES string of the molecule is Cc1ccc(C(=O)CSCC(=O)Nc2ccccc2)o1. The Morgan fingerprint density at radius 2 is 1.85 bits per heavy atom. The third-order valence-corrected chi connectivity index (χ3v) is 3.47. The van der Waals surface area contributed by atoms with E-state index in [2.05, 4.69) is 5.32 Å². The van der Waals surface area contributed by atoms with Crippen molar-refractivity contribution in [1.29, 1.82) is 0 Å². The topological polar surface area (TPSA) is 59.3 Å². The summed E-state index contributed by atoms with van der Waals surface area (Å²) >= 11 is 1.27. The lowest BCUT2D eigenvalue weighted by Crippen LogP contribution is -2.15. The maximum atomic E-state index is 11.8. The summed E-state index contributed by atoms with van der Waals surface area (Å²) < 4.78 is 5.24. The molecule has 0 saturated heterocycles. The van der Waals surface area contributed by atoms with E-state index in [1.165, 1.54) is 11.8 Å².